The Hall–Kier alpha value is -0.390. The molecule has 0 saturated carbocycles. The van der Waals surface area contributed by atoms with E-state index in [0.717, 1.165) is 6.42 Å². The normalized spacial score (nSPS) is 33.8. The molecule has 3 atom stereocenters. The van der Waals surface area contributed by atoms with Crippen LogP contribution < -0.4 is 0 Å². The summed E-state index contributed by atoms with van der Waals surface area (Å²) < 4.78 is 0. The minimum atomic E-state index is -0.00623. The molecule has 0 aromatic rings. The van der Waals surface area contributed by atoms with Crippen LogP contribution in [0.1, 0.15) is 13.3 Å². The molecule has 64 valence electrons. The highest BCUT2D eigenvalue weighted by Gasteiger charge is 2.23. The fraction of sp³-hybridized carbons (Fsp3) is 0.400. The van der Waals surface area contributed by atoms with Crippen molar-refractivity contribution >= 4 is 8.81 Å². The fourth-order valence-electron chi connectivity index (χ4n) is 1.87. The number of hydrogen-bond donors (Lipinski definition) is 1. The van der Waals surface area contributed by atoms with Gasteiger partial charge in [0.15, 0.2) is 0 Å². The zero-order chi connectivity index (χ0) is 8.55. The maximum absolute atomic E-state index is 9.10. The Bertz CT molecular complexity index is 276. The van der Waals surface area contributed by atoms with E-state index in [1.165, 1.54) is 10.9 Å². The lowest BCUT2D eigenvalue weighted by molar-refractivity contribution is 0.606. The second-order valence-corrected chi connectivity index (χ2v) is 4.29. The van der Waals surface area contributed by atoms with Gasteiger partial charge in [-0.05, 0) is 17.7 Å². The first-order valence-corrected chi connectivity index (χ1v) is 5.25. The van der Waals surface area contributed by atoms with Crippen molar-refractivity contribution in [2.75, 3.05) is 0 Å². The lowest BCUT2D eigenvalue weighted by Crippen LogP contribution is -2.09. The molecule has 2 aliphatic carbocycles. The molecule has 2 aliphatic rings. The molecule has 2 heteroatoms. The highest BCUT2D eigenvalue weighted by molar-refractivity contribution is 7.36. The summed E-state index contributed by atoms with van der Waals surface area (Å²) in [5.41, 5.74) is 1.50. The van der Waals surface area contributed by atoms with Gasteiger partial charge in [0, 0.05) is 14.7 Å². The molecule has 0 spiro atoms. The molecule has 2 rings (SSSR count). The number of hydrogen-bond acceptors (Lipinski definition) is 1. The Morgan fingerprint density at radius 3 is 3.17 bits per heavy atom. The van der Waals surface area contributed by atoms with Gasteiger partial charge >= 0.3 is 0 Å². The van der Waals surface area contributed by atoms with Gasteiger partial charge in [-0.25, -0.2) is 0 Å². The van der Waals surface area contributed by atoms with Crippen LogP contribution in [-0.2, 0) is 0 Å². The van der Waals surface area contributed by atoms with Crippen molar-refractivity contribution < 1.29 is 4.89 Å². The zero-order valence-corrected chi connectivity index (χ0v) is 8.12. The molecule has 0 bridgehead atoms. The van der Waals surface area contributed by atoms with Crippen LogP contribution in [0.25, 0.3) is 0 Å². The maximum Gasteiger partial charge on any atom is 0.0378 e. The highest BCUT2D eigenvalue weighted by Crippen LogP contribution is 2.41. The average Bonchev–Trinajstić information content (AvgIpc) is 2.49. The van der Waals surface area contributed by atoms with Crippen LogP contribution in [0.4, 0.5) is 0 Å². The Labute approximate surface area is 74.7 Å². The Morgan fingerprint density at radius 2 is 2.42 bits per heavy atom. The quantitative estimate of drug-likeness (QED) is 0.615. The molecule has 0 aromatic heterocycles. The van der Waals surface area contributed by atoms with Crippen LogP contribution in [0.2, 0.25) is 0 Å². The number of fused-ring (bicyclic) bond motifs is 1. The first-order chi connectivity index (χ1) is 5.81. The molecule has 0 aromatic carbocycles. The third kappa shape index (κ3) is 1.28. The molecule has 0 fully saturated rings. The van der Waals surface area contributed by atoms with Crippen molar-refractivity contribution in [3.05, 3.63) is 35.2 Å². The third-order valence-corrected chi connectivity index (χ3v) is 3.54. The first kappa shape index (κ1) is 8.22. The molecule has 0 heterocycles. The van der Waals surface area contributed by atoms with Gasteiger partial charge < -0.3 is 4.89 Å². The monoisotopic (exact) mass is 180 g/mol. The second kappa shape index (κ2) is 3.16. The van der Waals surface area contributed by atoms with E-state index in [0.29, 0.717) is 11.8 Å². The van der Waals surface area contributed by atoms with Crippen molar-refractivity contribution in [1.29, 1.82) is 0 Å². The molecule has 1 nitrogen and oxygen atoms in total. The van der Waals surface area contributed by atoms with E-state index in [2.05, 4.69) is 31.2 Å². The van der Waals surface area contributed by atoms with Gasteiger partial charge in [0.25, 0.3) is 0 Å². The van der Waals surface area contributed by atoms with Crippen molar-refractivity contribution in [3.63, 3.8) is 0 Å². The summed E-state index contributed by atoms with van der Waals surface area (Å²) in [5.74, 6) is 1.03. The summed E-state index contributed by atoms with van der Waals surface area (Å²) in [6, 6.07) is 0. The summed E-state index contributed by atoms with van der Waals surface area (Å²) in [6.45, 7) is 2.18. The lowest BCUT2D eigenvalue weighted by Gasteiger charge is -2.24. The van der Waals surface area contributed by atoms with Gasteiger partial charge in [0.2, 0.25) is 0 Å². The van der Waals surface area contributed by atoms with Gasteiger partial charge in [-0.3, -0.25) is 0 Å². The standard InChI is InChI=1S/C10H13OP/c1-7-5-8-3-2-4-9(8)6-10(7)12-11/h2-4,6-7,9,11-12H,5H2,1H3/t7-,9+/m1/s1. The molecule has 0 amide bonds. The first-order valence-electron chi connectivity index (χ1n) is 4.30. The Kier molecular flexibility index (Phi) is 2.16. The van der Waals surface area contributed by atoms with E-state index in [1.807, 2.05) is 0 Å². The van der Waals surface area contributed by atoms with Crippen molar-refractivity contribution in [1.82, 2.24) is 0 Å². The second-order valence-electron chi connectivity index (χ2n) is 3.49. The fourth-order valence-corrected chi connectivity index (χ4v) is 2.45. The van der Waals surface area contributed by atoms with Gasteiger partial charge in [-0.1, -0.05) is 36.8 Å². The summed E-state index contributed by atoms with van der Waals surface area (Å²) in [6.07, 6.45) is 9.85. The van der Waals surface area contributed by atoms with E-state index in [-0.39, 0.29) is 8.81 Å². The van der Waals surface area contributed by atoms with Crippen LogP contribution in [0.5, 0.6) is 0 Å². The molecule has 0 aliphatic heterocycles. The van der Waals surface area contributed by atoms with Crippen molar-refractivity contribution in [2.45, 2.75) is 13.3 Å². The summed E-state index contributed by atoms with van der Waals surface area (Å²) >= 11 is 0. The smallest absolute Gasteiger partial charge is 0.0378 e. The average molecular weight is 180 g/mol. The largest absolute Gasteiger partial charge is 0.373 e. The summed E-state index contributed by atoms with van der Waals surface area (Å²) in [7, 11) is -0.00623. The SMILES string of the molecule is C[C@@H]1CC2=CC=C[C@H]2C=C1PO. The van der Waals surface area contributed by atoms with E-state index in [4.69, 9.17) is 4.89 Å². The van der Waals surface area contributed by atoms with Gasteiger partial charge in [0.05, 0.1) is 0 Å². The summed E-state index contributed by atoms with van der Waals surface area (Å²) in [4.78, 5) is 9.10. The van der Waals surface area contributed by atoms with Crippen LogP contribution in [0.3, 0.4) is 0 Å². The molecule has 12 heavy (non-hydrogen) atoms. The predicted molar refractivity (Wildman–Crippen MR) is 53.1 cm³/mol. The van der Waals surface area contributed by atoms with Crippen LogP contribution >= 0.6 is 8.81 Å². The molecule has 0 radical (unpaired) electrons. The van der Waals surface area contributed by atoms with E-state index >= 15 is 0 Å². The lowest BCUT2D eigenvalue weighted by atomic mass is 9.87. The number of allylic oxidation sites excluding steroid dienone is 6. The predicted octanol–water partition coefficient (Wildman–Crippen LogP) is 2.61. The molecular weight excluding hydrogens is 167 g/mol. The van der Waals surface area contributed by atoms with Gasteiger partial charge in [0.1, 0.15) is 0 Å². The van der Waals surface area contributed by atoms with Crippen LogP contribution in [0.15, 0.2) is 35.2 Å². The van der Waals surface area contributed by atoms with E-state index in [1.54, 1.807) is 0 Å². The molecule has 0 saturated heterocycles. The summed E-state index contributed by atoms with van der Waals surface area (Å²) in [5, 5.41) is 1.23. The maximum atomic E-state index is 9.10. The van der Waals surface area contributed by atoms with Crippen LogP contribution in [-0.4, -0.2) is 4.89 Å². The molecule has 1 N–H and O–H groups in total. The van der Waals surface area contributed by atoms with E-state index < -0.39 is 0 Å². The minimum absolute atomic E-state index is 0.00623. The topological polar surface area (TPSA) is 20.2 Å². The number of rotatable bonds is 1. The van der Waals surface area contributed by atoms with Crippen molar-refractivity contribution in [2.24, 2.45) is 11.8 Å². The third-order valence-electron chi connectivity index (χ3n) is 2.62. The highest BCUT2D eigenvalue weighted by atomic mass is 31.1. The minimum Gasteiger partial charge on any atom is -0.373 e. The van der Waals surface area contributed by atoms with E-state index in [9.17, 15) is 0 Å². The Morgan fingerprint density at radius 1 is 1.58 bits per heavy atom. The van der Waals surface area contributed by atoms with Gasteiger partial charge in [-0.15, -0.1) is 0 Å². The Balaban J connectivity index is 2.27. The molecular formula is C10H13OP. The van der Waals surface area contributed by atoms with Gasteiger partial charge in [-0.2, -0.15) is 0 Å². The zero-order valence-electron chi connectivity index (χ0n) is 7.12. The van der Waals surface area contributed by atoms with Crippen molar-refractivity contribution in [3.8, 4) is 0 Å². The molecule has 1 unspecified atom stereocenters. The van der Waals surface area contributed by atoms with Crippen LogP contribution in [0, 0.1) is 11.8 Å².